The third-order valence-electron chi connectivity index (χ3n) is 6.49. The Labute approximate surface area is 204 Å². The summed E-state index contributed by atoms with van der Waals surface area (Å²) in [6.07, 6.45) is 0.456. The first-order valence-electron chi connectivity index (χ1n) is 11.2. The Balaban J connectivity index is 1.50. The molecule has 184 valence electrons. The molecule has 4 aromatic rings. The molecule has 10 heteroatoms. The Hall–Kier alpha value is -4.31. The number of aryl methyl sites for hydroxylation is 1. The van der Waals surface area contributed by atoms with Crippen LogP contribution in [0.15, 0.2) is 60.8 Å². The summed E-state index contributed by atoms with van der Waals surface area (Å²) in [5.41, 5.74) is 5.42. The molecule has 2 amide bonds. The lowest BCUT2D eigenvalue weighted by Crippen LogP contribution is -2.60. The Bertz CT molecular complexity index is 1500. The van der Waals surface area contributed by atoms with Crippen LogP contribution in [0.25, 0.3) is 5.65 Å². The molecule has 0 radical (unpaired) electrons. The number of nitrogens with two attached hydrogens (primary N) is 1. The molecule has 0 spiro atoms. The van der Waals surface area contributed by atoms with Gasteiger partial charge in [0.05, 0.1) is 17.4 Å². The van der Waals surface area contributed by atoms with Crippen molar-refractivity contribution in [2.45, 2.75) is 31.6 Å². The number of aromatic nitrogens is 2. The van der Waals surface area contributed by atoms with Gasteiger partial charge in [-0.1, -0.05) is 30.3 Å². The number of rotatable bonds is 6. The molecule has 0 aliphatic heterocycles. The van der Waals surface area contributed by atoms with Crippen LogP contribution < -0.4 is 15.8 Å². The molecule has 1 aliphatic rings. The van der Waals surface area contributed by atoms with E-state index in [9.17, 15) is 23.5 Å². The van der Waals surface area contributed by atoms with E-state index in [1.54, 1.807) is 49.5 Å². The summed E-state index contributed by atoms with van der Waals surface area (Å²) >= 11 is 0. The fraction of sp³-hybridized carbons (Fsp3) is 0.192. The van der Waals surface area contributed by atoms with Gasteiger partial charge < -0.3 is 20.9 Å². The highest BCUT2D eigenvalue weighted by Crippen LogP contribution is 2.37. The second-order valence-electron chi connectivity index (χ2n) is 8.60. The van der Waals surface area contributed by atoms with Crippen LogP contribution >= 0.6 is 0 Å². The maximum Gasteiger partial charge on any atom is 0.271 e. The van der Waals surface area contributed by atoms with Crippen LogP contribution in [0.1, 0.15) is 32.9 Å². The summed E-state index contributed by atoms with van der Waals surface area (Å²) in [6, 6.07) is 13.5. The van der Waals surface area contributed by atoms with E-state index in [1.807, 2.05) is 0 Å². The van der Waals surface area contributed by atoms with E-state index in [0.29, 0.717) is 16.8 Å². The number of ether oxygens (including phenoxy) is 1. The number of halogens is 2. The average molecular weight is 492 g/mol. The number of aliphatic hydroxyl groups excluding tert-OH is 1. The van der Waals surface area contributed by atoms with Gasteiger partial charge >= 0.3 is 0 Å². The maximum atomic E-state index is 14.0. The molecule has 4 N–H and O–H groups in total. The number of benzene rings is 2. The lowest BCUT2D eigenvalue weighted by Gasteiger charge is -2.31. The zero-order chi connectivity index (χ0) is 25.6. The molecular weight excluding hydrogens is 470 g/mol. The largest absolute Gasteiger partial charge is 0.485 e. The Morgan fingerprint density at radius 3 is 2.61 bits per heavy atom. The third-order valence-corrected chi connectivity index (χ3v) is 6.49. The number of amides is 2. The summed E-state index contributed by atoms with van der Waals surface area (Å²) in [5, 5.41) is 13.5. The minimum Gasteiger partial charge on any atom is -0.485 e. The monoisotopic (exact) mass is 492 g/mol. The summed E-state index contributed by atoms with van der Waals surface area (Å²) in [6.45, 7) is 1.21. The highest BCUT2D eigenvalue weighted by molar-refractivity contribution is 6.00. The average Bonchev–Trinajstić information content (AvgIpc) is 3.33. The minimum atomic E-state index is -1.82. The number of carbonyl (C=O) groups excluding carboxylic acids is 2. The fourth-order valence-corrected chi connectivity index (χ4v) is 4.73. The summed E-state index contributed by atoms with van der Waals surface area (Å²) in [7, 11) is 0. The molecule has 2 aromatic heterocycles. The number of hydrogen-bond donors (Lipinski definition) is 3. The second kappa shape index (κ2) is 8.72. The zero-order valence-corrected chi connectivity index (χ0v) is 19.2. The fourth-order valence-electron chi connectivity index (χ4n) is 4.73. The molecule has 0 bridgehead atoms. The molecule has 1 aliphatic carbocycles. The van der Waals surface area contributed by atoms with Gasteiger partial charge in [0.1, 0.15) is 23.9 Å². The van der Waals surface area contributed by atoms with Gasteiger partial charge in [-0.25, -0.2) is 13.8 Å². The Kier molecular flexibility index (Phi) is 5.68. The lowest BCUT2D eigenvalue weighted by molar-refractivity contribution is -0.128. The molecule has 2 aromatic carbocycles. The first-order valence-corrected chi connectivity index (χ1v) is 11.2. The van der Waals surface area contributed by atoms with Crippen LogP contribution in [0.4, 0.5) is 8.78 Å². The van der Waals surface area contributed by atoms with Crippen molar-refractivity contribution in [1.29, 1.82) is 0 Å². The van der Waals surface area contributed by atoms with E-state index in [0.717, 1.165) is 12.1 Å². The Morgan fingerprint density at radius 1 is 1.17 bits per heavy atom. The van der Waals surface area contributed by atoms with Crippen molar-refractivity contribution in [2.24, 2.45) is 5.73 Å². The number of nitrogens with one attached hydrogen (secondary N) is 1. The van der Waals surface area contributed by atoms with Crippen LogP contribution in [-0.4, -0.2) is 32.4 Å². The molecule has 36 heavy (non-hydrogen) atoms. The molecule has 2 heterocycles. The molecule has 0 unspecified atom stereocenters. The van der Waals surface area contributed by atoms with Crippen LogP contribution in [-0.2, 0) is 23.4 Å². The van der Waals surface area contributed by atoms with Gasteiger partial charge in [-0.3, -0.25) is 14.0 Å². The lowest BCUT2D eigenvalue weighted by atomic mass is 9.88. The highest BCUT2D eigenvalue weighted by Gasteiger charge is 2.52. The minimum absolute atomic E-state index is 0.0877. The maximum absolute atomic E-state index is 14.0. The normalized spacial score (nSPS) is 18.7. The van der Waals surface area contributed by atoms with E-state index < -0.39 is 35.1 Å². The summed E-state index contributed by atoms with van der Waals surface area (Å²) in [4.78, 5) is 30.5. The van der Waals surface area contributed by atoms with Gasteiger partial charge in [0.25, 0.3) is 11.8 Å². The predicted molar refractivity (Wildman–Crippen MR) is 125 cm³/mol. The van der Waals surface area contributed by atoms with Gasteiger partial charge in [-0.05, 0) is 42.3 Å². The number of imidazole rings is 1. The Morgan fingerprint density at radius 2 is 1.89 bits per heavy atom. The van der Waals surface area contributed by atoms with Gasteiger partial charge in [0, 0.05) is 12.6 Å². The van der Waals surface area contributed by atoms with E-state index in [-0.39, 0.29) is 35.7 Å². The number of hydrogen-bond acceptors (Lipinski definition) is 5. The van der Waals surface area contributed by atoms with E-state index in [4.69, 9.17) is 10.5 Å². The van der Waals surface area contributed by atoms with Crippen molar-refractivity contribution < 1.29 is 28.2 Å². The number of primary amides is 1. The molecule has 0 fully saturated rings. The van der Waals surface area contributed by atoms with Crippen molar-refractivity contribution in [3.63, 3.8) is 0 Å². The number of pyridine rings is 1. The first kappa shape index (κ1) is 23.4. The molecule has 5 rings (SSSR count). The molecule has 0 saturated carbocycles. The molecular formula is C26H22F2N4O4. The summed E-state index contributed by atoms with van der Waals surface area (Å²) in [5.74, 6) is -2.87. The topological polar surface area (TPSA) is 119 Å². The quantitative estimate of drug-likeness (QED) is 0.382. The molecule has 0 saturated heterocycles. The predicted octanol–water partition coefficient (Wildman–Crippen LogP) is 2.53. The third kappa shape index (κ3) is 3.57. The molecule has 8 nitrogen and oxygen atoms in total. The SMILES string of the molecule is Cc1nc2c(OCc3c(F)cccc3F)cccn2c1C(=O)N[C@]1(C(N)=O)c2ccccc2C[C@@H]1O. The summed E-state index contributed by atoms with van der Waals surface area (Å²) < 4.78 is 35.1. The van der Waals surface area contributed by atoms with Crippen LogP contribution in [0, 0.1) is 18.6 Å². The van der Waals surface area contributed by atoms with Crippen LogP contribution in [0.2, 0.25) is 0 Å². The van der Waals surface area contributed by atoms with Gasteiger partial charge in [-0.15, -0.1) is 0 Å². The van der Waals surface area contributed by atoms with Crippen molar-refractivity contribution >= 4 is 17.5 Å². The van der Waals surface area contributed by atoms with Crippen LogP contribution in [0.3, 0.4) is 0 Å². The number of fused-ring (bicyclic) bond motifs is 2. The van der Waals surface area contributed by atoms with Gasteiger partial charge in [0.15, 0.2) is 16.9 Å². The van der Waals surface area contributed by atoms with Crippen LogP contribution in [0.5, 0.6) is 5.75 Å². The van der Waals surface area contributed by atoms with Gasteiger partial charge in [0.2, 0.25) is 0 Å². The van der Waals surface area contributed by atoms with Crippen molar-refractivity contribution in [2.75, 3.05) is 0 Å². The zero-order valence-electron chi connectivity index (χ0n) is 19.2. The van der Waals surface area contributed by atoms with Crippen molar-refractivity contribution in [3.8, 4) is 5.75 Å². The van der Waals surface area contributed by atoms with Crippen molar-refractivity contribution in [3.05, 3.63) is 101 Å². The second-order valence-corrected chi connectivity index (χ2v) is 8.60. The highest BCUT2D eigenvalue weighted by atomic mass is 19.1. The van der Waals surface area contributed by atoms with Crippen molar-refractivity contribution in [1.82, 2.24) is 14.7 Å². The first-order chi connectivity index (χ1) is 17.2. The number of aliphatic hydroxyl groups is 1. The van der Waals surface area contributed by atoms with E-state index >= 15 is 0 Å². The van der Waals surface area contributed by atoms with E-state index in [2.05, 4.69) is 10.3 Å². The van der Waals surface area contributed by atoms with Gasteiger partial charge in [-0.2, -0.15) is 0 Å². The smallest absolute Gasteiger partial charge is 0.271 e. The number of nitrogens with zero attached hydrogens (tertiary/aromatic N) is 2. The standard InChI is InChI=1S/C26H22F2N4O4/c1-14-22(24(34)31-26(25(29)35)17-7-3-2-6-15(17)12-21(26)33)32-11-5-10-20(23(32)30-14)36-13-16-18(27)8-4-9-19(16)28/h2-11,21,33H,12-13H2,1H3,(H2,29,35)(H,31,34)/t21-,26+/m0/s1. The van der Waals surface area contributed by atoms with E-state index in [1.165, 1.54) is 10.5 Å². The molecule has 2 atom stereocenters. The number of carbonyl (C=O) groups is 2.